The van der Waals surface area contributed by atoms with Crippen LogP contribution in [0.15, 0.2) is 52.7 Å². The molecule has 174 valence electrons. The van der Waals surface area contributed by atoms with Gasteiger partial charge in [0.1, 0.15) is 21.4 Å². The minimum atomic E-state index is -3.97. The molecule has 3 aromatic rings. The molecule has 1 aliphatic rings. The Labute approximate surface area is 195 Å². The molecular weight excluding hydrogens is 469 g/mol. The number of halogens is 1. The molecule has 4 rings (SSSR count). The van der Waals surface area contributed by atoms with Gasteiger partial charge in [-0.05, 0) is 30.3 Å². The second kappa shape index (κ2) is 9.46. The van der Waals surface area contributed by atoms with E-state index in [1.165, 1.54) is 33.8 Å². The van der Waals surface area contributed by atoms with E-state index in [9.17, 15) is 17.6 Å². The van der Waals surface area contributed by atoms with Gasteiger partial charge in [0.15, 0.2) is 11.5 Å². The molecule has 2 aromatic carbocycles. The first-order chi connectivity index (χ1) is 15.8. The van der Waals surface area contributed by atoms with Gasteiger partial charge >= 0.3 is 0 Å². The van der Waals surface area contributed by atoms with Gasteiger partial charge in [0, 0.05) is 37.1 Å². The number of ether oxygens (including phenoxy) is 2. The van der Waals surface area contributed by atoms with Gasteiger partial charge in [-0.15, -0.1) is 11.3 Å². The second-order valence-corrected chi connectivity index (χ2v) is 10.00. The summed E-state index contributed by atoms with van der Waals surface area (Å²) in [7, 11) is -0.865. The van der Waals surface area contributed by atoms with Crippen molar-refractivity contribution in [2.45, 2.75) is 4.90 Å². The third-order valence-electron chi connectivity index (χ3n) is 5.33. The molecule has 1 amide bonds. The van der Waals surface area contributed by atoms with Crippen molar-refractivity contribution in [2.75, 3.05) is 40.4 Å². The number of hydrogen-bond donors (Lipinski definition) is 0. The van der Waals surface area contributed by atoms with Crippen LogP contribution in [-0.4, -0.2) is 68.9 Å². The number of carbonyl (C=O) groups excluding carboxylic acids is 1. The molecule has 1 saturated heterocycles. The molecule has 0 bridgehead atoms. The molecule has 0 spiro atoms. The van der Waals surface area contributed by atoms with Crippen molar-refractivity contribution in [3.8, 4) is 22.1 Å². The molecule has 33 heavy (non-hydrogen) atoms. The quantitative estimate of drug-likeness (QED) is 0.527. The van der Waals surface area contributed by atoms with Gasteiger partial charge in [0.2, 0.25) is 10.0 Å². The molecule has 0 unspecified atom stereocenters. The summed E-state index contributed by atoms with van der Waals surface area (Å²) in [4.78, 5) is 18.6. The summed E-state index contributed by atoms with van der Waals surface area (Å²) in [6, 6.07) is 10.7. The monoisotopic (exact) mass is 491 g/mol. The summed E-state index contributed by atoms with van der Waals surface area (Å²) in [6.45, 7) is 0.537. The van der Waals surface area contributed by atoms with Crippen molar-refractivity contribution in [1.82, 2.24) is 14.2 Å². The number of amides is 1. The number of methoxy groups -OCH3 is 2. The molecule has 0 N–H and O–H groups in total. The molecule has 0 radical (unpaired) electrons. The van der Waals surface area contributed by atoms with E-state index < -0.39 is 15.8 Å². The fourth-order valence-corrected chi connectivity index (χ4v) is 5.84. The molecule has 0 atom stereocenters. The normalized spacial score (nSPS) is 14.8. The largest absolute Gasteiger partial charge is 0.493 e. The SMILES string of the molecule is COc1ccc(-c2nc(C(=O)N3CCN(S(=O)(=O)c4ccccc4F)CC3)cs2)cc1OC. The molecule has 0 saturated carbocycles. The zero-order valence-corrected chi connectivity index (χ0v) is 19.7. The predicted molar refractivity (Wildman–Crippen MR) is 122 cm³/mol. The summed E-state index contributed by atoms with van der Waals surface area (Å²) in [6.07, 6.45) is 0. The summed E-state index contributed by atoms with van der Waals surface area (Å²) >= 11 is 1.33. The van der Waals surface area contributed by atoms with Crippen molar-refractivity contribution in [3.63, 3.8) is 0 Å². The Bertz CT molecular complexity index is 1270. The van der Waals surface area contributed by atoms with Crippen LogP contribution in [0.3, 0.4) is 0 Å². The molecular formula is C22H22FN3O5S2. The molecule has 2 heterocycles. The Morgan fingerprint density at radius 1 is 1.03 bits per heavy atom. The number of aromatic nitrogens is 1. The first-order valence-electron chi connectivity index (χ1n) is 10.1. The number of rotatable bonds is 6. The van der Waals surface area contributed by atoms with Crippen LogP contribution in [-0.2, 0) is 10.0 Å². The summed E-state index contributed by atoms with van der Waals surface area (Å²) in [5, 5.41) is 2.33. The van der Waals surface area contributed by atoms with E-state index in [2.05, 4.69) is 4.98 Å². The molecule has 1 aliphatic heterocycles. The zero-order valence-electron chi connectivity index (χ0n) is 18.0. The van der Waals surface area contributed by atoms with Crippen molar-refractivity contribution in [3.05, 3.63) is 59.4 Å². The lowest BCUT2D eigenvalue weighted by atomic mass is 10.2. The van der Waals surface area contributed by atoms with Crippen molar-refractivity contribution in [1.29, 1.82) is 0 Å². The van der Waals surface area contributed by atoms with E-state index in [0.29, 0.717) is 16.5 Å². The van der Waals surface area contributed by atoms with E-state index in [1.807, 2.05) is 6.07 Å². The average molecular weight is 492 g/mol. The Hall–Kier alpha value is -3.02. The van der Waals surface area contributed by atoms with Gasteiger partial charge in [-0.3, -0.25) is 4.79 Å². The molecule has 11 heteroatoms. The van der Waals surface area contributed by atoms with Crippen molar-refractivity contribution in [2.24, 2.45) is 0 Å². The van der Waals surface area contributed by atoms with Crippen LogP contribution in [0, 0.1) is 5.82 Å². The molecule has 1 aromatic heterocycles. The van der Waals surface area contributed by atoms with Crippen molar-refractivity contribution >= 4 is 27.3 Å². The molecule has 8 nitrogen and oxygen atoms in total. The van der Waals surface area contributed by atoms with Gasteiger partial charge in [0.05, 0.1) is 14.2 Å². The highest BCUT2D eigenvalue weighted by molar-refractivity contribution is 7.89. The fraction of sp³-hybridized carbons (Fsp3) is 0.273. The Balaban J connectivity index is 1.45. The van der Waals surface area contributed by atoms with Crippen LogP contribution < -0.4 is 9.47 Å². The van der Waals surface area contributed by atoms with Gasteiger partial charge < -0.3 is 14.4 Å². The van der Waals surface area contributed by atoms with Gasteiger partial charge in [0.25, 0.3) is 5.91 Å². The number of carbonyl (C=O) groups is 1. The zero-order chi connectivity index (χ0) is 23.6. The van der Waals surface area contributed by atoms with Gasteiger partial charge in [-0.1, -0.05) is 12.1 Å². The smallest absolute Gasteiger partial charge is 0.273 e. The van der Waals surface area contributed by atoms with Crippen LogP contribution in [0.25, 0.3) is 10.6 Å². The maximum absolute atomic E-state index is 14.0. The van der Waals surface area contributed by atoms with Crippen LogP contribution >= 0.6 is 11.3 Å². The molecule has 1 fully saturated rings. The highest BCUT2D eigenvalue weighted by Crippen LogP contribution is 2.33. The Morgan fingerprint density at radius 3 is 2.39 bits per heavy atom. The van der Waals surface area contributed by atoms with Gasteiger partial charge in [-0.2, -0.15) is 4.31 Å². The van der Waals surface area contributed by atoms with Crippen LogP contribution in [0.4, 0.5) is 4.39 Å². The van der Waals surface area contributed by atoms with Crippen LogP contribution in [0.1, 0.15) is 10.5 Å². The fourth-order valence-electron chi connectivity index (χ4n) is 3.56. The van der Waals surface area contributed by atoms with Crippen LogP contribution in [0.5, 0.6) is 11.5 Å². The van der Waals surface area contributed by atoms with Crippen molar-refractivity contribution < 1.29 is 27.1 Å². The number of hydrogen-bond acceptors (Lipinski definition) is 7. The molecule has 0 aliphatic carbocycles. The standard InChI is InChI=1S/C22H22FN3O5S2/c1-30-18-8-7-15(13-19(18)31-2)21-24-17(14-32-21)22(27)25-9-11-26(12-10-25)33(28,29)20-6-4-3-5-16(20)23/h3-8,13-14H,9-12H2,1-2H3. The Kier molecular flexibility index (Phi) is 6.63. The average Bonchev–Trinajstić information content (AvgIpc) is 3.33. The first kappa shape index (κ1) is 23.1. The summed E-state index contributed by atoms with van der Waals surface area (Å²) in [5.74, 6) is 0.0876. The second-order valence-electron chi connectivity index (χ2n) is 7.23. The van der Waals surface area contributed by atoms with E-state index in [4.69, 9.17) is 9.47 Å². The number of piperazine rings is 1. The third kappa shape index (κ3) is 4.56. The van der Waals surface area contributed by atoms with E-state index >= 15 is 0 Å². The summed E-state index contributed by atoms with van der Waals surface area (Å²) in [5.41, 5.74) is 1.08. The number of sulfonamides is 1. The van der Waals surface area contributed by atoms with E-state index in [-0.39, 0.29) is 42.7 Å². The lowest BCUT2D eigenvalue weighted by molar-refractivity contribution is 0.0692. The number of thiazole rings is 1. The van der Waals surface area contributed by atoms with Crippen LogP contribution in [0.2, 0.25) is 0 Å². The van der Waals surface area contributed by atoms with Gasteiger partial charge in [-0.25, -0.2) is 17.8 Å². The topological polar surface area (TPSA) is 89.0 Å². The maximum Gasteiger partial charge on any atom is 0.273 e. The first-order valence-corrected chi connectivity index (χ1v) is 12.4. The highest BCUT2D eigenvalue weighted by Gasteiger charge is 2.32. The Morgan fingerprint density at radius 2 is 1.73 bits per heavy atom. The minimum Gasteiger partial charge on any atom is -0.493 e. The number of benzene rings is 2. The lowest BCUT2D eigenvalue weighted by Crippen LogP contribution is -2.50. The van der Waals surface area contributed by atoms with E-state index in [1.54, 1.807) is 36.6 Å². The highest BCUT2D eigenvalue weighted by atomic mass is 32.2. The third-order valence-corrected chi connectivity index (χ3v) is 8.16. The lowest BCUT2D eigenvalue weighted by Gasteiger charge is -2.33. The maximum atomic E-state index is 14.0. The predicted octanol–water partition coefficient (Wildman–Crippen LogP) is 3.11. The van der Waals surface area contributed by atoms with E-state index in [0.717, 1.165) is 11.6 Å². The minimum absolute atomic E-state index is 0.0785. The summed E-state index contributed by atoms with van der Waals surface area (Å²) < 4.78 is 51.3. The number of nitrogens with zero attached hydrogens (tertiary/aromatic N) is 3.